The molecule has 0 aliphatic rings. The van der Waals surface area contributed by atoms with Gasteiger partial charge in [-0.1, -0.05) is 129 Å². The van der Waals surface area contributed by atoms with E-state index in [1.165, 1.54) is 103 Å². The Balaban J connectivity index is 4.10. The van der Waals surface area contributed by atoms with Crippen molar-refractivity contribution < 1.29 is 18.3 Å². The van der Waals surface area contributed by atoms with E-state index in [-0.39, 0.29) is 5.75 Å². The van der Waals surface area contributed by atoms with Crippen molar-refractivity contribution >= 4 is 10.1 Å². The molecule has 0 saturated carbocycles. The minimum atomic E-state index is -4.20. The van der Waals surface area contributed by atoms with Crippen LogP contribution in [0.25, 0.3) is 0 Å². The lowest BCUT2D eigenvalue weighted by Gasteiger charge is -2.31. The fourth-order valence-corrected chi connectivity index (χ4v) is 6.08. The molecular weight excluding hydrogens is 418 g/mol. The molecule has 5 heteroatoms. The van der Waals surface area contributed by atoms with Crippen molar-refractivity contribution in [2.75, 3.05) is 12.8 Å². The first kappa shape index (κ1) is 31.9. The molecule has 4 nitrogen and oxygen atoms in total. The van der Waals surface area contributed by atoms with Crippen molar-refractivity contribution in [1.29, 1.82) is 0 Å². The van der Waals surface area contributed by atoms with Gasteiger partial charge in [-0.15, -0.1) is 0 Å². The van der Waals surface area contributed by atoms with Crippen molar-refractivity contribution in [1.82, 2.24) is 0 Å². The second-order valence-corrected chi connectivity index (χ2v) is 11.6. The van der Waals surface area contributed by atoms with Crippen LogP contribution in [-0.2, 0) is 10.1 Å². The minimum absolute atomic E-state index is 0.217. The molecule has 0 saturated heterocycles. The largest absolute Gasteiger partial charge is 0.748 e. The average Bonchev–Trinajstić information content (AvgIpc) is 2.75. The van der Waals surface area contributed by atoms with Gasteiger partial charge in [-0.25, -0.2) is 8.42 Å². The van der Waals surface area contributed by atoms with Crippen molar-refractivity contribution in [2.24, 2.45) is 0 Å². The van der Waals surface area contributed by atoms with Crippen LogP contribution >= 0.6 is 0 Å². The maximum Gasteiger partial charge on any atom is 0.109 e. The fourth-order valence-electron chi connectivity index (χ4n) is 4.92. The van der Waals surface area contributed by atoms with Crippen LogP contribution in [0.1, 0.15) is 155 Å². The predicted molar refractivity (Wildman–Crippen MR) is 138 cm³/mol. The summed E-state index contributed by atoms with van der Waals surface area (Å²) in [4.78, 5) is 0. The van der Waals surface area contributed by atoms with Crippen molar-refractivity contribution in [2.45, 2.75) is 161 Å². The molecule has 2 N–H and O–H groups in total. The summed E-state index contributed by atoms with van der Waals surface area (Å²) >= 11 is 0. The Bertz CT molecular complexity index is 469. The molecule has 0 rings (SSSR count). The molecule has 0 atom stereocenters. The number of hydrogen-bond donors (Lipinski definition) is 1. The van der Waals surface area contributed by atoms with Crippen molar-refractivity contribution in [3.05, 3.63) is 0 Å². The number of quaternary nitrogens is 1. The van der Waals surface area contributed by atoms with Gasteiger partial charge in [0.25, 0.3) is 0 Å². The third kappa shape index (κ3) is 20.5. The molecule has 0 heterocycles. The van der Waals surface area contributed by atoms with Crippen LogP contribution in [0, 0.1) is 0 Å². The Morgan fingerprint density at radius 2 is 0.844 bits per heavy atom. The average molecular weight is 476 g/mol. The van der Waals surface area contributed by atoms with E-state index < -0.39 is 15.7 Å². The van der Waals surface area contributed by atoms with Crippen molar-refractivity contribution in [3.63, 3.8) is 0 Å². The van der Waals surface area contributed by atoms with Crippen LogP contribution in [0.15, 0.2) is 0 Å². The van der Waals surface area contributed by atoms with E-state index in [4.69, 9.17) is 0 Å². The zero-order valence-electron chi connectivity index (χ0n) is 22.0. The van der Waals surface area contributed by atoms with Gasteiger partial charge in [0.2, 0.25) is 0 Å². The summed E-state index contributed by atoms with van der Waals surface area (Å²) in [7, 11) is -2.24. The Morgan fingerprint density at radius 3 is 1.09 bits per heavy atom. The molecular formula is C27H57NO3S. The first-order valence-electron chi connectivity index (χ1n) is 14.1. The lowest BCUT2D eigenvalue weighted by molar-refractivity contribution is -0.701. The van der Waals surface area contributed by atoms with Crippen molar-refractivity contribution in [3.8, 4) is 0 Å². The van der Waals surface area contributed by atoms with E-state index >= 15 is 0 Å². The SMILES string of the molecule is CCCCCCCCCCCCC(CCCCCCCCCCCC)(CS(=O)(=O)[O-])[NH2+]C. The van der Waals surface area contributed by atoms with Crippen LogP contribution in [0.4, 0.5) is 0 Å². The summed E-state index contributed by atoms with van der Waals surface area (Å²) in [6.07, 6.45) is 27.2. The van der Waals surface area contributed by atoms with Crippen LogP contribution in [0.2, 0.25) is 0 Å². The highest BCUT2D eigenvalue weighted by atomic mass is 32.2. The zero-order chi connectivity index (χ0) is 24.0. The number of nitrogens with two attached hydrogens (primary N) is 1. The molecule has 194 valence electrons. The normalized spacial score (nSPS) is 12.5. The summed E-state index contributed by atoms with van der Waals surface area (Å²) in [5, 5.41) is 2.03. The molecule has 0 spiro atoms. The van der Waals surface area contributed by atoms with Gasteiger partial charge in [-0.05, 0) is 12.8 Å². The third-order valence-electron chi connectivity index (χ3n) is 7.13. The first-order valence-corrected chi connectivity index (χ1v) is 15.7. The Morgan fingerprint density at radius 1 is 0.562 bits per heavy atom. The molecule has 0 aromatic rings. The van der Waals surface area contributed by atoms with Crippen LogP contribution in [0.3, 0.4) is 0 Å². The summed E-state index contributed by atoms with van der Waals surface area (Å²) in [5.41, 5.74) is -0.416. The van der Waals surface area contributed by atoms with Gasteiger partial charge in [0.1, 0.15) is 15.7 Å². The summed E-state index contributed by atoms with van der Waals surface area (Å²) in [6.45, 7) is 4.50. The molecule has 0 fully saturated rings. The molecule has 0 amide bonds. The maximum atomic E-state index is 11.6. The molecule has 0 radical (unpaired) electrons. The Hall–Kier alpha value is -0.130. The van der Waals surface area contributed by atoms with Gasteiger partial charge >= 0.3 is 0 Å². The van der Waals surface area contributed by atoms with Crippen LogP contribution in [-0.4, -0.2) is 31.3 Å². The second-order valence-electron chi connectivity index (χ2n) is 10.2. The maximum absolute atomic E-state index is 11.6. The number of unbranched alkanes of at least 4 members (excludes halogenated alkanes) is 18. The molecule has 0 unspecified atom stereocenters. The van der Waals surface area contributed by atoms with E-state index in [2.05, 4.69) is 13.8 Å². The summed E-state index contributed by atoms with van der Waals surface area (Å²) in [5.74, 6) is -0.217. The second kappa shape index (κ2) is 21.4. The van der Waals surface area contributed by atoms with Crippen LogP contribution in [0.5, 0.6) is 0 Å². The van der Waals surface area contributed by atoms with Gasteiger partial charge in [-0.3, -0.25) is 0 Å². The predicted octanol–water partition coefficient (Wildman–Crippen LogP) is 7.09. The smallest absolute Gasteiger partial charge is 0.109 e. The molecule has 0 bridgehead atoms. The highest BCUT2D eigenvalue weighted by Crippen LogP contribution is 2.22. The van der Waals surface area contributed by atoms with E-state index in [1.807, 2.05) is 12.4 Å². The van der Waals surface area contributed by atoms with Gasteiger partial charge < -0.3 is 9.87 Å². The molecule has 0 aromatic heterocycles. The lowest BCUT2D eigenvalue weighted by atomic mass is 9.88. The standard InChI is InChI=1S/C27H57NO3S/c1-4-6-8-10-12-14-16-18-20-22-24-27(28-3,26-32(29,30)31)25-23-21-19-17-15-13-11-9-7-5-2/h28H,4-26H2,1-3H3,(H,29,30,31). The van der Waals surface area contributed by atoms with Crippen LogP contribution < -0.4 is 5.32 Å². The van der Waals surface area contributed by atoms with E-state index in [0.29, 0.717) is 0 Å². The first-order chi connectivity index (χ1) is 15.4. The van der Waals surface area contributed by atoms with E-state index in [0.717, 1.165) is 38.5 Å². The zero-order valence-corrected chi connectivity index (χ0v) is 22.8. The molecule has 0 aromatic carbocycles. The highest BCUT2D eigenvalue weighted by Gasteiger charge is 2.33. The number of rotatable bonds is 25. The number of hydrogen-bond acceptors (Lipinski definition) is 3. The molecule has 0 aliphatic carbocycles. The van der Waals surface area contributed by atoms with Gasteiger partial charge in [0.05, 0.1) is 12.8 Å². The Labute approximate surface area is 201 Å². The monoisotopic (exact) mass is 475 g/mol. The quantitative estimate of drug-likeness (QED) is 0.113. The Kier molecular flexibility index (Phi) is 21.3. The third-order valence-corrected chi connectivity index (χ3v) is 8.06. The van der Waals surface area contributed by atoms with Gasteiger partial charge in [0.15, 0.2) is 0 Å². The van der Waals surface area contributed by atoms with E-state index in [1.54, 1.807) is 0 Å². The fraction of sp³-hybridized carbons (Fsp3) is 1.00. The van der Waals surface area contributed by atoms with Gasteiger partial charge in [-0.2, -0.15) is 0 Å². The summed E-state index contributed by atoms with van der Waals surface area (Å²) in [6, 6.07) is 0. The van der Waals surface area contributed by atoms with E-state index in [9.17, 15) is 13.0 Å². The molecule has 0 aliphatic heterocycles. The lowest BCUT2D eigenvalue weighted by Crippen LogP contribution is -2.95. The van der Waals surface area contributed by atoms with Gasteiger partial charge in [0, 0.05) is 12.8 Å². The summed E-state index contributed by atoms with van der Waals surface area (Å²) < 4.78 is 34.8. The topological polar surface area (TPSA) is 73.8 Å². The minimum Gasteiger partial charge on any atom is -0.748 e. The highest BCUT2D eigenvalue weighted by molar-refractivity contribution is 7.85. The molecule has 32 heavy (non-hydrogen) atoms.